The average molecular weight is 272 g/mol. The molecule has 20 heavy (non-hydrogen) atoms. The zero-order valence-electron chi connectivity index (χ0n) is 11.0. The highest BCUT2D eigenvalue weighted by molar-refractivity contribution is 5.52. The fraction of sp³-hybridized carbons (Fsp3) is 0.500. The molecule has 2 aliphatic heterocycles. The summed E-state index contributed by atoms with van der Waals surface area (Å²) in [5, 5.41) is 4.13. The van der Waals surface area contributed by atoms with Gasteiger partial charge in [-0.1, -0.05) is 5.16 Å². The molecule has 2 bridgehead atoms. The summed E-state index contributed by atoms with van der Waals surface area (Å²) < 4.78 is 11.2. The lowest BCUT2D eigenvalue weighted by atomic mass is 9.89. The second kappa shape index (κ2) is 4.64. The van der Waals surface area contributed by atoms with Crippen molar-refractivity contribution in [3.8, 4) is 11.5 Å². The van der Waals surface area contributed by atoms with E-state index in [4.69, 9.17) is 15.0 Å². The Kier molecular flexibility index (Phi) is 2.78. The van der Waals surface area contributed by atoms with Crippen LogP contribution in [-0.4, -0.2) is 27.3 Å². The number of aromatic nitrogens is 3. The van der Waals surface area contributed by atoms with E-state index in [-0.39, 0.29) is 12.0 Å². The molecule has 0 amide bonds. The third-order valence-electron chi connectivity index (χ3n) is 4.15. The zero-order chi connectivity index (χ0) is 13.5. The van der Waals surface area contributed by atoms with Crippen LogP contribution < -0.4 is 5.73 Å². The summed E-state index contributed by atoms with van der Waals surface area (Å²) in [5.41, 5.74) is 7.27. The second-order valence-corrected chi connectivity index (χ2v) is 5.41. The lowest BCUT2D eigenvalue weighted by molar-refractivity contribution is 0.0996. The van der Waals surface area contributed by atoms with Gasteiger partial charge < -0.3 is 15.0 Å². The standard InChI is InChI=1S/C14H16N4O2/c15-7-9-5-8(3-4-16-9)14-17-13(18-20-14)11-6-10-1-2-12(11)19-10/h3-5,10-12H,1-2,6-7,15H2. The Hall–Kier alpha value is -1.79. The quantitative estimate of drug-likeness (QED) is 0.913. The predicted octanol–water partition coefficient (Wildman–Crippen LogP) is 1.63. The van der Waals surface area contributed by atoms with E-state index in [1.54, 1.807) is 6.20 Å². The summed E-state index contributed by atoms with van der Waals surface area (Å²) in [7, 11) is 0. The maximum Gasteiger partial charge on any atom is 0.258 e. The van der Waals surface area contributed by atoms with E-state index in [0.29, 0.717) is 18.5 Å². The van der Waals surface area contributed by atoms with Crippen LogP contribution in [0.3, 0.4) is 0 Å². The zero-order valence-corrected chi connectivity index (χ0v) is 11.0. The summed E-state index contributed by atoms with van der Waals surface area (Å²) in [4.78, 5) is 8.69. The highest BCUT2D eigenvalue weighted by Gasteiger charge is 2.43. The fourth-order valence-corrected chi connectivity index (χ4v) is 3.14. The van der Waals surface area contributed by atoms with Gasteiger partial charge in [0.15, 0.2) is 5.82 Å². The first kappa shape index (κ1) is 12.0. The molecule has 0 aliphatic carbocycles. The van der Waals surface area contributed by atoms with Gasteiger partial charge in [-0.25, -0.2) is 0 Å². The van der Waals surface area contributed by atoms with Gasteiger partial charge >= 0.3 is 0 Å². The Morgan fingerprint density at radius 2 is 2.30 bits per heavy atom. The van der Waals surface area contributed by atoms with Crippen molar-refractivity contribution in [3.05, 3.63) is 29.8 Å². The van der Waals surface area contributed by atoms with Crippen LogP contribution in [0.4, 0.5) is 0 Å². The van der Waals surface area contributed by atoms with Crippen LogP contribution in [0.5, 0.6) is 0 Å². The minimum atomic E-state index is 0.266. The van der Waals surface area contributed by atoms with Gasteiger partial charge in [0.25, 0.3) is 5.89 Å². The van der Waals surface area contributed by atoms with Crippen LogP contribution in [0.2, 0.25) is 0 Å². The normalized spacial score (nSPS) is 28.1. The maximum absolute atomic E-state index is 5.84. The molecule has 2 fully saturated rings. The molecule has 4 rings (SSSR count). The lowest BCUT2D eigenvalue weighted by Gasteiger charge is -2.13. The van der Waals surface area contributed by atoms with Crippen molar-refractivity contribution in [2.24, 2.45) is 5.73 Å². The van der Waals surface area contributed by atoms with Crippen LogP contribution in [-0.2, 0) is 11.3 Å². The molecule has 3 atom stereocenters. The molecule has 0 radical (unpaired) electrons. The van der Waals surface area contributed by atoms with Gasteiger partial charge in [0.05, 0.1) is 23.8 Å². The molecule has 3 unspecified atom stereocenters. The number of pyridine rings is 1. The van der Waals surface area contributed by atoms with Crippen molar-refractivity contribution >= 4 is 0 Å². The van der Waals surface area contributed by atoms with Gasteiger partial charge in [-0.05, 0) is 31.4 Å². The minimum Gasteiger partial charge on any atom is -0.374 e. The number of nitrogens with zero attached hydrogens (tertiary/aromatic N) is 3. The van der Waals surface area contributed by atoms with Gasteiger partial charge in [0, 0.05) is 18.3 Å². The summed E-state index contributed by atoms with van der Waals surface area (Å²) in [6.07, 6.45) is 5.64. The third kappa shape index (κ3) is 1.92. The maximum atomic E-state index is 5.84. The molecule has 0 aromatic carbocycles. The number of hydrogen-bond acceptors (Lipinski definition) is 6. The first-order valence-corrected chi connectivity index (χ1v) is 6.98. The van der Waals surface area contributed by atoms with E-state index in [1.165, 1.54) is 0 Å². The molecule has 2 aliphatic rings. The third-order valence-corrected chi connectivity index (χ3v) is 4.15. The van der Waals surface area contributed by atoms with Crippen molar-refractivity contribution in [2.75, 3.05) is 0 Å². The fourth-order valence-electron chi connectivity index (χ4n) is 3.14. The van der Waals surface area contributed by atoms with Crippen LogP contribution in [0.25, 0.3) is 11.5 Å². The molecule has 104 valence electrons. The molecule has 2 aromatic heterocycles. The average Bonchev–Trinajstić information content (AvgIpc) is 3.22. The van der Waals surface area contributed by atoms with Crippen LogP contribution in [0.15, 0.2) is 22.9 Å². The highest BCUT2D eigenvalue weighted by atomic mass is 16.5. The summed E-state index contributed by atoms with van der Waals surface area (Å²) in [6, 6.07) is 3.74. The van der Waals surface area contributed by atoms with Gasteiger partial charge in [0.1, 0.15) is 0 Å². The molecule has 2 aromatic rings. The lowest BCUT2D eigenvalue weighted by Crippen LogP contribution is -2.15. The number of fused-ring (bicyclic) bond motifs is 2. The minimum absolute atomic E-state index is 0.266. The Balaban J connectivity index is 1.61. The first-order chi connectivity index (χ1) is 9.83. The van der Waals surface area contributed by atoms with Crippen LogP contribution in [0, 0.1) is 0 Å². The van der Waals surface area contributed by atoms with Crippen molar-refractivity contribution < 1.29 is 9.26 Å². The number of nitrogens with two attached hydrogens (primary N) is 1. The van der Waals surface area contributed by atoms with E-state index >= 15 is 0 Å². The van der Waals surface area contributed by atoms with Crippen molar-refractivity contribution in [1.82, 2.24) is 15.1 Å². The van der Waals surface area contributed by atoms with Crippen molar-refractivity contribution in [1.29, 1.82) is 0 Å². The molecule has 2 saturated heterocycles. The predicted molar refractivity (Wildman–Crippen MR) is 70.7 cm³/mol. The Labute approximate surface area is 116 Å². The molecule has 4 heterocycles. The largest absolute Gasteiger partial charge is 0.374 e. The number of hydrogen-bond donors (Lipinski definition) is 1. The molecule has 0 saturated carbocycles. The topological polar surface area (TPSA) is 87.1 Å². The van der Waals surface area contributed by atoms with Crippen LogP contribution in [0.1, 0.15) is 36.7 Å². The Bertz CT molecular complexity index is 627. The van der Waals surface area contributed by atoms with Gasteiger partial charge in [-0.2, -0.15) is 4.98 Å². The van der Waals surface area contributed by atoms with Gasteiger partial charge in [0.2, 0.25) is 0 Å². The summed E-state index contributed by atoms with van der Waals surface area (Å²) >= 11 is 0. The smallest absolute Gasteiger partial charge is 0.258 e. The highest BCUT2D eigenvalue weighted by Crippen LogP contribution is 2.43. The summed E-state index contributed by atoms with van der Waals surface area (Å²) in [6.45, 7) is 0.398. The van der Waals surface area contributed by atoms with Crippen molar-refractivity contribution in [2.45, 2.75) is 43.9 Å². The second-order valence-electron chi connectivity index (χ2n) is 5.41. The first-order valence-electron chi connectivity index (χ1n) is 6.98. The van der Waals surface area contributed by atoms with E-state index in [0.717, 1.165) is 36.3 Å². The van der Waals surface area contributed by atoms with E-state index in [9.17, 15) is 0 Å². The number of ether oxygens (including phenoxy) is 1. The molecule has 2 N–H and O–H groups in total. The van der Waals surface area contributed by atoms with Crippen molar-refractivity contribution in [3.63, 3.8) is 0 Å². The number of rotatable bonds is 3. The monoisotopic (exact) mass is 272 g/mol. The molecule has 0 spiro atoms. The Morgan fingerprint density at radius 3 is 3.05 bits per heavy atom. The van der Waals surface area contributed by atoms with Crippen LogP contribution >= 0.6 is 0 Å². The molecule has 6 heteroatoms. The molecular formula is C14H16N4O2. The van der Waals surface area contributed by atoms with E-state index in [1.807, 2.05) is 12.1 Å². The molecular weight excluding hydrogens is 256 g/mol. The van der Waals surface area contributed by atoms with E-state index < -0.39 is 0 Å². The van der Waals surface area contributed by atoms with E-state index in [2.05, 4.69) is 15.1 Å². The molecule has 6 nitrogen and oxygen atoms in total. The van der Waals surface area contributed by atoms with Gasteiger partial charge in [-0.3, -0.25) is 4.98 Å². The van der Waals surface area contributed by atoms with Gasteiger partial charge in [-0.15, -0.1) is 0 Å². The summed E-state index contributed by atoms with van der Waals surface area (Å²) in [5.74, 6) is 1.57. The SMILES string of the molecule is NCc1cc(-c2nc(C3CC4CCC3O4)no2)ccn1. The Morgan fingerprint density at radius 1 is 1.35 bits per heavy atom.